The number of benzene rings is 1. The van der Waals surface area contributed by atoms with E-state index in [2.05, 4.69) is 11.4 Å². The zero-order valence-corrected chi connectivity index (χ0v) is 10.2. The smallest absolute Gasteiger partial charge is 0.101 e. The van der Waals surface area contributed by atoms with E-state index in [1.807, 2.05) is 25.1 Å². The van der Waals surface area contributed by atoms with E-state index in [1.165, 1.54) is 18.4 Å². The van der Waals surface area contributed by atoms with Gasteiger partial charge in [0, 0.05) is 13.2 Å². The number of aryl methyl sites for hydroxylation is 1. The predicted molar refractivity (Wildman–Crippen MR) is 68.0 cm³/mol. The first-order valence-corrected chi connectivity index (χ1v) is 6.16. The average Bonchev–Trinajstić information content (AvgIpc) is 2.82. The second-order valence-corrected chi connectivity index (χ2v) is 4.51. The summed E-state index contributed by atoms with van der Waals surface area (Å²) in [5.41, 5.74) is 2.82. The van der Waals surface area contributed by atoms with Crippen molar-refractivity contribution in [1.82, 2.24) is 0 Å². The number of rotatable bonds is 4. The Morgan fingerprint density at radius 3 is 3.12 bits per heavy atom. The van der Waals surface area contributed by atoms with E-state index in [4.69, 9.17) is 10.00 Å². The van der Waals surface area contributed by atoms with E-state index in [-0.39, 0.29) is 0 Å². The third-order valence-corrected chi connectivity index (χ3v) is 3.10. The largest absolute Gasteiger partial charge is 0.384 e. The van der Waals surface area contributed by atoms with Gasteiger partial charge in [-0.25, -0.2) is 0 Å². The zero-order valence-electron chi connectivity index (χ0n) is 10.2. The highest BCUT2D eigenvalue weighted by Crippen LogP contribution is 2.18. The fourth-order valence-electron chi connectivity index (χ4n) is 2.14. The normalized spacial score (nSPS) is 18.9. The van der Waals surface area contributed by atoms with Crippen LogP contribution in [0.25, 0.3) is 0 Å². The van der Waals surface area contributed by atoms with Gasteiger partial charge in [-0.1, -0.05) is 6.07 Å². The van der Waals surface area contributed by atoms with Gasteiger partial charge in [-0.3, -0.25) is 0 Å². The molecule has 1 unspecified atom stereocenters. The minimum absolute atomic E-state index is 0.401. The van der Waals surface area contributed by atoms with Crippen LogP contribution in [0.3, 0.4) is 0 Å². The third-order valence-electron chi connectivity index (χ3n) is 3.10. The minimum Gasteiger partial charge on any atom is -0.384 e. The van der Waals surface area contributed by atoms with Crippen LogP contribution in [0.5, 0.6) is 0 Å². The first-order valence-electron chi connectivity index (χ1n) is 6.16. The maximum Gasteiger partial charge on any atom is 0.101 e. The molecule has 0 radical (unpaired) electrons. The van der Waals surface area contributed by atoms with Crippen LogP contribution in [-0.2, 0) is 4.74 Å². The van der Waals surface area contributed by atoms with Crippen LogP contribution in [0.4, 0.5) is 5.69 Å². The van der Waals surface area contributed by atoms with Crippen molar-refractivity contribution in [2.75, 3.05) is 18.5 Å². The lowest BCUT2D eigenvalue weighted by Gasteiger charge is -2.12. The molecule has 0 amide bonds. The summed E-state index contributed by atoms with van der Waals surface area (Å²) in [6, 6.07) is 8.06. The molecule has 0 aliphatic carbocycles. The topological polar surface area (TPSA) is 45.0 Å². The molecule has 3 heteroatoms. The molecule has 0 spiro atoms. The van der Waals surface area contributed by atoms with Crippen molar-refractivity contribution in [3.05, 3.63) is 29.3 Å². The molecular weight excluding hydrogens is 212 g/mol. The van der Waals surface area contributed by atoms with Crippen LogP contribution in [0.2, 0.25) is 0 Å². The lowest BCUT2D eigenvalue weighted by Crippen LogP contribution is -2.13. The molecule has 0 saturated carbocycles. The van der Waals surface area contributed by atoms with Gasteiger partial charge in [0.1, 0.15) is 6.07 Å². The van der Waals surface area contributed by atoms with Gasteiger partial charge in [-0.05, 0) is 43.9 Å². The number of nitrogens with zero attached hydrogens (tertiary/aromatic N) is 1. The van der Waals surface area contributed by atoms with E-state index >= 15 is 0 Å². The molecular formula is C14H18N2O. The maximum absolute atomic E-state index is 9.01. The highest BCUT2D eigenvalue weighted by atomic mass is 16.5. The fourth-order valence-corrected chi connectivity index (χ4v) is 2.14. The molecule has 1 aromatic rings. The summed E-state index contributed by atoms with van der Waals surface area (Å²) in [6.07, 6.45) is 3.76. The summed E-state index contributed by atoms with van der Waals surface area (Å²) < 4.78 is 5.57. The summed E-state index contributed by atoms with van der Waals surface area (Å²) in [4.78, 5) is 0. The molecule has 2 rings (SSSR count). The lowest BCUT2D eigenvalue weighted by molar-refractivity contribution is 0.107. The molecule has 90 valence electrons. The van der Waals surface area contributed by atoms with E-state index < -0.39 is 0 Å². The highest BCUT2D eigenvalue weighted by molar-refractivity contribution is 5.58. The van der Waals surface area contributed by atoms with Gasteiger partial charge in [0.15, 0.2) is 0 Å². The number of hydrogen-bond donors (Lipinski definition) is 1. The molecule has 0 bridgehead atoms. The third kappa shape index (κ3) is 3.21. The molecule has 1 saturated heterocycles. The number of nitrogens with one attached hydrogen (secondary N) is 1. The second-order valence-electron chi connectivity index (χ2n) is 4.51. The Morgan fingerprint density at radius 1 is 1.53 bits per heavy atom. The van der Waals surface area contributed by atoms with Crippen LogP contribution in [0.15, 0.2) is 18.2 Å². The van der Waals surface area contributed by atoms with Crippen molar-refractivity contribution in [3.8, 4) is 6.07 Å². The molecule has 1 fully saturated rings. The number of hydrogen-bond acceptors (Lipinski definition) is 3. The van der Waals surface area contributed by atoms with Crippen LogP contribution < -0.4 is 5.32 Å². The standard InChI is InChI=1S/C14H18N2O/c1-11-4-5-12(10-15)14(9-11)16-7-6-13-3-2-8-17-13/h4-5,9,13,16H,2-3,6-8H2,1H3. The first-order chi connectivity index (χ1) is 8.29. The summed E-state index contributed by atoms with van der Waals surface area (Å²) >= 11 is 0. The van der Waals surface area contributed by atoms with Crippen molar-refractivity contribution < 1.29 is 4.74 Å². The van der Waals surface area contributed by atoms with Gasteiger partial charge in [0.05, 0.1) is 17.4 Å². The number of ether oxygens (including phenoxy) is 1. The quantitative estimate of drug-likeness (QED) is 0.865. The Balaban J connectivity index is 1.89. The number of anilines is 1. The van der Waals surface area contributed by atoms with Crippen LogP contribution in [0.1, 0.15) is 30.4 Å². The molecule has 1 heterocycles. The maximum atomic E-state index is 9.01. The SMILES string of the molecule is Cc1ccc(C#N)c(NCCC2CCCO2)c1. The predicted octanol–water partition coefficient (Wildman–Crippen LogP) is 2.85. The minimum atomic E-state index is 0.401. The van der Waals surface area contributed by atoms with Crippen molar-refractivity contribution in [2.45, 2.75) is 32.3 Å². The highest BCUT2D eigenvalue weighted by Gasteiger charge is 2.14. The molecule has 1 atom stereocenters. The molecule has 1 aliphatic heterocycles. The van der Waals surface area contributed by atoms with Gasteiger partial charge in [-0.2, -0.15) is 5.26 Å². The monoisotopic (exact) mass is 230 g/mol. The van der Waals surface area contributed by atoms with E-state index in [1.54, 1.807) is 0 Å². The summed E-state index contributed by atoms with van der Waals surface area (Å²) in [7, 11) is 0. The van der Waals surface area contributed by atoms with E-state index in [9.17, 15) is 0 Å². The number of nitriles is 1. The Hall–Kier alpha value is -1.53. The average molecular weight is 230 g/mol. The molecule has 1 N–H and O–H groups in total. The molecule has 3 nitrogen and oxygen atoms in total. The van der Waals surface area contributed by atoms with Crippen LogP contribution in [-0.4, -0.2) is 19.3 Å². The van der Waals surface area contributed by atoms with Gasteiger partial charge in [0.25, 0.3) is 0 Å². The second kappa shape index (κ2) is 5.70. The van der Waals surface area contributed by atoms with Crippen LogP contribution >= 0.6 is 0 Å². The Kier molecular flexibility index (Phi) is 4.00. The molecule has 0 aromatic heterocycles. The summed E-state index contributed by atoms with van der Waals surface area (Å²) in [5, 5.41) is 12.3. The van der Waals surface area contributed by atoms with Gasteiger partial charge >= 0.3 is 0 Å². The van der Waals surface area contributed by atoms with E-state index in [0.29, 0.717) is 11.7 Å². The van der Waals surface area contributed by atoms with Crippen molar-refractivity contribution >= 4 is 5.69 Å². The zero-order chi connectivity index (χ0) is 12.1. The Morgan fingerprint density at radius 2 is 2.41 bits per heavy atom. The van der Waals surface area contributed by atoms with Crippen molar-refractivity contribution in [2.24, 2.45) is 0 Å². The Labute approximate surface area is 102 Å². The fraction of sp³-hybridized carbons (Fsp3) is 0.500. The van der Waals surface area contributed by atoms with Crippen LogP contribution in [0, 0.1) is 18.3 Å². The Bertz CT molecular complexity index is 417. The van der Waals surface area contributed by atoms with Gasteiger partial charge < -0.3 is 10.1 Å². The van der Waals surface area contributed by atoms with Gasteiger partial charge in [0.2, 0.25) is 0 Å². The first kappa shape index (κ1) is 11.9. The molecule has 17 heavy (non-hydrogen) atoms. The lowest BCUT2D eigenvalue weighted by atomic mass is 10.1. The summed E-state index contributed by atoms with van der Waals surface area (Å²) in [6.45, 7) is 3.80. The summed E-state index contributed by atoms with van der Waals surface area (Å²) in [5.74, 6) is 0. The van der Waals surface area contributed by atoms with Gasteiger partial charge in [-0.15, -0.1) is 0 Å². The molecule has 1 aromatic carbocycles. The molecule has 1 aliphatic rings. The van der Waals surface area contributed by atoms with E-state index in [0.717, 1.165) is 25.3 Å². The van der Waals surface area contributed by atoms with Crippen molar-refractivity contribution in [3.63, 3.8) is 0 Å². The van der Waals surface area contributed by atoms with Crippen molar-refractivity contribution in [1.29, 1.82) is 5.26 Å².